The first kappa shape index (κ1) is 14.0. The van der Waals surface area contributed by atoms with E-state index in [4.69, 9.17) is 5.73 Å². The lowest BCUT2D eigenvalue weighted by Crippen LogP contribution is -2.46. The second-order valence-corrected chi connectivity index (χ2v) is 5.14. The van der Waals surface area contributed by atoms with Crippen molar-refractivity contribution in [3.05, 3.63) is 35.9 Å². The highest BCUT2D eigenvalue weighted by Crippen LogP contribution is 2.21. The number of hydrogen-bond acceptors (Lipinski definition) is 3. The summed E-state index contributed by atoms with van der Waals surface area (Å²) in [5.41, 5.74) is 7.06. The molecule has 0 aromatic heterocycles. The van der Waals surface area contributed by atoms with Crippen LogP contribution < -0.4 is 5.73 Å². The van der Waals surface area contributed by atoms with Gasteiger partial charge in [-0.25, -0.2) is 0 Å². The van der Waals surface area contributed by atoms with Crippen LogP contribution in [0, 0.1) is 0 Å². The standard InChI is InChI=1S/C15H22N2O2/c16-14(12-6-2-1-3-7-12)10-15(19)17-9-5-4-8-13(17)11-18/h1-3,6-7,13-14,18H,4-5,8-11,16H2. The number of aliphatic hydroxyl groups excluding tert-OH is 1. The van der Waals surface area contributed by atoms with Crippen molar-refractivity contribution < 1.29 is 9.90 Å². The fraction of sp³-hybridized carbons (Fsp3) is 0.533. The summed E-state index contributed by atoms with van der Waals surface area (Å²) in [4.78, 5) is 14.1. The largest absolute Gasteiger partial charge is 0.394 e. The van der Waals surface area contributed by atoms with Crippen LogP contribution in [0.3, 0.4) is 0 Å². The Labute approximate surface area is 114 Å². The average Bonchev–Trinajstić information content (AvgIpc) is 2.48. The average molecular weight is 262 g/mol. The van der Waals surface area contributed by atoms with Crippen LogP contribution in [-0.2, 0) is 4.79 Å². The number of rotatable bonds is 4. The summed E-state index contributed by atoms with van der Waals surface area (Å²) in [6.07, 6.45) is 3.30. The highest BCUT2D eigenvalue weighted by molar-refractivity contribution is 5.77. The molecule has 0 spiro atoms. The van der Waals surface area contributed by atoms with Crippen LogP contribution >= 0.6 is 0 Å². The third kappa shape index (κ3) is 3.55. The summed E-state index contributed by atoms with van der Waals surface area (Å²) >= 11 is 0. The van der Waals surface area contributed by atoms with E-state index in [1.165, 1.54) is 0 Å². The third-order valence-electron chi connectivity index (χ3n) is 3.78. The van der Waals surface area contributed by atoms with Crippen molar-refractivity contribution in [1.29, 1.82) is 0 Å². The van der Waals surface area contributed by atoms with E-state index in [1.807, 2.05) is 30.3 Å². The van der Waals surface area contributed by atoms with Gasteiger partial charge in [0, 0.05) is 19.0 Å². The Morgan fingerprint density at radius 1 is 1.37 bits per heavy atom. The Bertz CT molecular complexity index is 408. The summed E-state index contributed by atoms with van der Waals surface area (Å²) < 4.78 is 0. The molecule has 1 fully saturated rings. The van der Waals surface area contributed by atoms with Crippen LogP contribution in [0.25, 0.3) is 0 Å². The number of nitrogens with zero attached hydrogens (tertiary/aromatic N) is 1. The molecule has 1 heterocycles. The number of likely N-dealkylation sites (tertiary alicyclic amines) is 1. The van der Waals surface area contributed by atoms with Crippen molar-refractivity contribution in [3.63, 3.8) is 0 Å². The second kappa shape index (κ2) is 6.68. The first-order valence-corrected chi connectivity index (χ1v) is 6.93. The van der Waals surface area contributed by atoms with Gasteiger partial charge in [0.05, 0.1) is 12.6 Å². The Morgan fingerprint density at radius 3 is 2.79 bits per heavy atom. The quantitative estimate of drug-likeness (QED) is 0.863. The summed E-state index contributed by atoms with van der Waals surface area (Å²) in [6, 6.07) is 9.38. The number of benzene rings is 1. The molecule has 104 valence electrons. The molecule has 4 nitrogen and oxygen atoms in total. The number of nitrogens with two attached hydrogens (primary N) is 1. The monoisotopic (exact) mass is 262 g/mol. The molecule has 0 aliphatic carbocycles. The van der Waals surface area contributed by atoms with Crippen molar-refractivity contribution in [3.8, 4) is 0 Å². The molecule has 4 heteroatoms. The number of amides is 1. The van der Waals surface area contributed by atoms with Gasteiger partial charge < -0.3 is 15.7 Å². The van der Waals surface area contributed by atoms with E-state index in [0.717, 1.165) is 31.4 Å². The van der Waals surface area contributed by atoms with E-state index in [9.17, 15) is 9.90 Å². The highest BCUT2D eigenvalue weighted by Gasteiger charge is 2.27. The fourth-order valence-corrected chi connectivity index (χ4v) is 2.64. The molecular weight excluding hydrogens is 240 g/mol. The first-order chi connectivity index (χ1) is 9.22. The van der Waals surface area contributed by atoms with E-state index < -0.39 is 0 Å². The van der Waals surface area contributed by atoms with Crippen LogP contribution in [0.4, 0.5) is 0 Å². The fourth-order valence-electron chi connectivity index (χ4n) is 2.64. The lowest BCUT2D eigenvalue weighted by Gasteiger charge is -2.35. The molecule has 1 aromatic carbocycles. The molecule has 19 heavy (non-hydrogen) atoms. The highest BCUT2D eigenvalue weighted by atomic mass is 16.3. The van der Waals surface area contributed by atoms with Gasteiger partial charge in [-0.05, 0) is 24.8 Å². The number of aliphatic hydroxyl groups is 1. The van der Waals surface area contributed by atoms with Crippen molar-refractivity contribution in [2.45, 2.75) is 37.8 Å². The molecule has 2 unspecified atom stereocenters. The van der Waals surface area contributed by atoms with Crippen LogP contribution in [0.1, 0.15) is 37.3 Å². The molecular formula is C15H22N2O2. The van der Waals surface area contributed by atoms with Gasteiger partial charge in [0.15, 0.2) is 0 Å². The normalized spacial score (nSPS) is 21.2. The minimum absolute atomic E-state index is 0.0239. The van der Waals surface area contributed by atoms with E-state index >= 15 is 0 Å². The van der Waals surface area contributed by atoms with Gasteiger partial charge in [0.1, 0.15) is 0 Å². The number of carbonyl (C=O) groups excluding carboxylic acids is 1. The van der Waals surface area contributed by atoms with Gasteiger partial charge in [-0.1, -0.05) is 30.3 Å². The molecule has 1 aliphatic heterocycles. The number of carbonyl (C=O) groups is 1. The molecule has 0 bridgehead atoms. The first-order valence-electron chi connectivity index (χ1n) is 6.93. The SMILES string of the molecule is NC(CC(=O)N1CCCCC1CO)c1ccccc1. The molecule has 1 amide bonds. The van der Waals surface area contributed by atoms with Crippen molar-refractivity contribution in [1.82, 2.24) is 4.90 Å². The zero-order valence-corrected chi connectivity index (χ0v) is 11.2. The zero-order valence-electron chi connectivity index (χ0n) is 11.2. The van der Waals surface area contributed by atoms with Gasteiger partial charge in [-0.15, -0.1) is 0 Å². The number of hydrogen-bond donors (Lipinski definition) is 2. The van der Waals surface area contributed by atoms with Crippen LogP contribution in [0.15, 0.2) is 30.3 Å². The lowest BCUT2D eigenvalue weighted by atomic mass is 9.99. The maximum absolute atomic E-state index is 12.3. The summed E-state index contributed by atoms with van der Waals surface area (Å²) in [7, 11) is 0. The Morgan fingerprint density at radius 2 is 2.11 bits per heavy atom. The van der Waals surface area contributed by atoms with Crippen LogP contribution in [0.2, 0.25) is 0 Å². The van der Waals surface area contributed by atoms with Gasteiger partial charge in [-0.2, -0.15) is 0 Å². The number of piperidine rings is 1. The third-order valence-corrected chi connectivity index (χ3v) is 3.78. The minimum atomic E-state index is -0.269. The predicted molar refractivity (Wildman–Crippen MR) is 74.4 cm³/mol. The molecule has 2 atom stereocenters. The predicted octanol–water partition coefficient (Wildman–Crippen LogP) is 1.45. The Balaban J connectivity index is 1.96. The molecule has 3 N–H and O–H groups in total. The van der Waals surface area contributed by atoms with E-state index in [0.29, 0.717) is 6.42 Å². The molecule has 0 radical (unpaired) electrons. The molecule has 1 aromatic rings. The van der Waals surface area contributed by atoms with E-state index in [1.54, 1.807) is 4.90 Å². The molecule has 0 saturated carbocycles. The van der Waals surface area contributed by atoms with Crippen LogP contribution in [0.5, 0.6) is 0 Å². The van der Waals surface area contributed by atoms with E-state index in [-0.39, 0.29) is 24.6 Å². The van der Waals surface area contributed by atoms with Gasteiger partial charge in [0.25, 0.3) is 0 Å². The van der Waals surface area contributed by atoms with Crippen molar-refractivity contribution in [2.24, 2.45) is 5.73 Å². The van der Waals surface area contributed by atoms with Crippen LogP contribution in [-0.4, -0.2) is 35.1 Å². The second-order valence-electron chi connectivity index (χ2n) is 5.14. The Kier molecular flexibility index (Phi) is 4.93. The summed E-state index contributed by atoms with van der Waals surface area (Å²) in [5, 5.41) is 9.34. The molecule has 2 rings (SSSR count). The van der Waals surface area contributed by atoms with Crippen molar-refractivity contribution in [2.75, 3.05) is 13.2 Å². The Hall–Kier alpha value is -1.39. The maximum atomic E-state index is 12.3. The zero-order chi connectivity index (χ0) is 13.7. The van der Waals surface area contributed by atoms with Gasteiger partial charge in [-0.3, -0.25) is 4.79 Å². The summed E-state index contributed by atoms with van der Waals surface area (Å²) in [6.45, 7) is 0.790. The van der Waals surface area contributed by atoms with E-state index in [2.05, 4.69) is 0 Å². The maximum Gasteiger partial charge on any atom is 0.224 e. The topological polar surface area (TPSA) is 66.6 Å². The van der Waals surface area contributed by atoms with Gasteiger partial charge in [0.2, 0.25) is 5.91 Å². The van der Waals surface area contributed by atoms with Crippen molar-refractivity contribution >= 4 is 5.91 Å². The summed E-state index contributed by atoms with van der Waals surface area (Å²) in [5.74, 6) is 0.0510. The minimum Gasteiger partial charge on any atom is -0.394 e. The smallest absolute Gasteiger partial charge is 0.224 e. The lowest BCUT2D eigenvalue weighted by molar-refractivity contribution is -0.136. The van der Waals surface area contributed by atoms with Gasteiger partial charge >= 0.3 is 0 Å². The molecule has 1 saturated heterocycles. The molecule has 1 aliphatic rings.